The molecular formula is C26H16IN3. The van der Waals surface area contributed by atoms with Crippen LogP contribution in [0, 0.1) is 3.57 Å². The van der Waals surface area contributed by atoms with Gasteiger partial charge in [-0.15, -0.1) is 10.2 Å². The Balaban J connectivity index is 1.58. The normalized spacial score (nSPS) is 11.5. The van der Waals surface area contributed by atoms with Gasteiger partial charge in [0.1, 0.15) is 0 Å². The van der Waals surface area contributed by atoms with Gasteiger partial charge in [-0.2, -0.15) is 0 Å². The number of fused-ring (bicyclic) bond motifs is 6. The van der Waals surface area contributed by atoms with Gasteiger partial charge < -0.3 is 0 Å². The van der Waals surface area contributed by atoms with E-state index in [0.29, 0.717) is 0 Å². The molecule has 0 aliphatic rings. The molecule has 2 heterocycles. The summed E-state index contributed by atoms with van der Waals surface area (Å²) in [7, 11) is 0. The number of rotatable bonds is 2. The molecule has 0 amide bonds. The van der Waals surface area contributed by atoms with Gasteiger partial charge in [0.25, 0.3) is 0 Å². The third kappa shape index (κ3) is 2.71. The third-order valence-corrected chi connectivity index (χ3v) is 6.31. The highest BCUT2D eigenvalue weighted by Gasteiger charge is 2.15. The quantitative estimate of drug-likeness (QED) is 0.191. The molecule has 142 valence electrons. The number of nitrogens with zero attached hydrogens (tertiary/aromatic N) is 3. The molecule has 6 rings (SSSR count). The molecule has 4 heteroatoms. The van der Waals surface area contributed by atoms with Crippen molar-refractivity contribution < 1.29 is 0 Å². The Morgan fingerprint density at radius 2 is 1.10 bits per heavy atom. The van der Waals surface area contributed by atoms with E-state index in [-0.39, 0.29) is 0 Å². The Hall–Kier alpha value is -3.25. The van der Waals surface area contributed by atoms with Crippen LogP contribution in [0.2, 0.25) is 0 Å². The zero-order valence-corrected chi connectivity index (χ0v) is 18.1. The fourth-order valence-corrected chi connectivity index (χ4v) is 4.50. The number of para-hydroxylation sites is 1. The first kappa shape index (κ1) is 17.6. The summed E-state index contributed by atoms with van der Waals surface area (Å²) >= 11 is 2.33. The second-order valence-electron chi connectivity index (χ2n) is 7.33. The molecule has 6 aromatic rings. The highest BCUT2D eigenvalue weighted by Crippen LogP contribution is 2.32. The fraction of sp³-hybridized carbons (Fsp3) is 0. The fourth-order valence-electron chi connectivity index (χ4n) is 4.14. The summed E-state index contributed by atoms with van der Waals surface area (Å²) in [4.78, 5) is 0. The van der Waals surface area contributed by atoms with Crippen molar-refractivity contribution in [3.63, 3.8) is 0 Å². The van der Waals surface area contributed by atoms with Crippen molar-refractivity contribution in [2.75, 3.05) is 0 Å². The van der Waals surface area contributed by atoms with Crippen LogP contribution in [-0.4, -0.2) is 14.6 Å². The molecule has 0 bridgehead atoms. The summed E-state index contributed by atoms with van der Waals surface area (Å²) in [5.74, 6) is 0.862. The zero-order chi connectivity index (χ0) is 20.1. The predicted octanol–water partition coefficient (Wildman–Crippen LogP) is 6.97. The van der Waals surface area contributed by atoms with E-state index in [2.05, 4.69) is 134 Å². The molecule has 0 radical (unpaired) electrons. The minimum atomic E-state index is 0.862. The van der Waals surface area contributed by atoms with Crippen molar-refractivity contribution in [3.05, 3.63) is 101 Å². The van der Waals surface area contributed by atoms with Gasteiger partial charge in [-0.1, -0.05) is 78.9 Å². The maximum atomic E-state index is 4.59. The molecule has 0 aliphatic heterocycles. The highest BCUT2D eigenvalue weighted by molar-refractivity contribution is 14.1. The topological polar surface area (TPSA) is 30.2 Å². The van der Waals surface area contributed by atoms with E-state index in [0.717, 1.165) is 27.9 Å². The van der Waals surface area contributed by atoms with Gasteiger partial charge in [0.2, 0.25) is 0 Å². The van der Waals surface area contributed by atoms with E-state index in [1.54, 1.807) is 0 Å². The third-order valence-electron chi connectivity index (χ3n) is 5.59. The van der Waals surface area contributed by atoms with E-state index < -0.39 is 0 Å². The number of benzene rings is 4. The van der Waals surface area contributed by atoms with Crippen molar-refractivity contribution in [1.82, 2.24) is 14.6 Å². The van der Waals surface area contributed by atoms with E-state index in [9.17, 15) is 0 Å². The molecule has 3 nitrogen and oxygen atoms in total. The van der Waals surface area contributed by atoms with Gasteiger partial charge in [-0.05, 0) is 57.3 Å². The number of hydrogen-bond donors (Lipinski definition) is 0. The molecule has 0 aliphatic carbocycles. The van der Waals surface area contributed by atoms with Crippen LogP contribution in [-0.2, 0) is 0 Å². The van der Waals surface area contributed by atoms with Gasteiger partial charge in [-0.3, -0.25) is 4.40 Å². The second-order valence-corrected chi connectivity index (χ2v) is 8.58. The molecule has 2 aromatic heterocycles. The van der Waals surface area contributed by atoms with Gasteiger partial charge in [0.15, 0.2) is 11.5 Å². The van der Waals surface area contributed by atoms with Crippen LogP contribution in [0.1, 0.15) is 0 Å². The largest absolute Gasteiger partial charge is 0.274 e. The summed E-state index contributed by atoms with van der Waals surface area (Å²) in [5.41, 5.74) is 5.47. The maximum Gasteiger partial charge on any atom is 0.169 e. The van der Waals surface area contributed by atoms with Gasteiger partial charge in [0, 0.05) is 19.9 Å². The number of hydrogen-bond acceptors (Lipinski definition) is 2. The van der Waals surface area contributed by atoms with Crippen molar-refractivity contribution in [2.24, 2.45) is 0 Å². The second kappa shape index (κ2) is 6.92. The molecule has 0 N–H and O–H groups in total. The first-order valence-electron chi connectivity index (χ1n) is 9.80. The predicted molar refractivity (Wildman–Crippen MR) is 132 cm³/mol. The van der Waals surface area contributed by atoms with Crippen LogP contribution < -0.4 is 0 Å². The lowest BCUT2D eigenvalue weighted by Gasteiger charge is -2.10. The highest BCUT2D eigenvalue weighted by atomic mass is 127. The summed E-state index contributed by atoms with van der Waals surface area (Å²) in [5, 5.41) is 12.7. The lowest BCUT2D eigenvalue weighted by atomic mass is 10.0. The molecule has 30 heavy (non-hydrogen) atoms. The average molecular weight is 497 g/mol. The molecular weight excluding hydrogens is 481 g/mol. The standard InChI is InChI=1S/C26H16IN3/c27-20-15-13-18(14-16-20)17-9-11-19(12-10-17)25-28-29-26-23-7-2-1-5-21(23)22-6-3-4-8-24(22)30(25)26/h1-16H. The SMILES string of the molecule is Ic1ccc(-c2ccc(-c3nnc4c5ccccc5c5ccccc5n34)cc2)cc1. The summed E-state index contributed by atoms with van der Waals surface area (Å²) in [6, 6.07) is 34.0. The van der Waals surface area contributed by atoms with E-state index in [4.69, 9.17) is 0 Å². The van der Waals surface area contributed by atoms with Crippen LogP contribution in [0.25, 0.3) is 49.8 Å². The summed E-state index contributed by atoms with van der Waals surface area (Å²) < 4.78 is 3.42. The van der Waals surface area contributed by atoms with Crippen LogP contribution in [0.3, 0.4) is 0 Å². The van der Waals surface area contributed by atoms with Crippen molar-refractivity contribution in [2.45, 2.75) is 0 Å². The van der Waals surface area contributed by atoms with Crippen LogP contribution >= 0.6 is 22.6 Å². The summed E-state index contributed by atoms with van der Waals surface area (Å²) in [6.07, 6.45) is 0. The van der Waals surface area contributed by atoms with Crippen LogP contribution in [0.4, 0.5) is 0 Å². The lowest BCUT2D eigenvalue weighted by molar-refractivity contribution is 1.12. The molecule has 0 unspecified atom stereocenters. The first-order chi connectivity index (χ1) is 14.8. The van der Waals surface area contributed by atoms with Crippen LogP contribution in [0.15, 0.2) is 97.1 Å². The number of halogens is 1. The number of aromatic nitrogens is 3. The Bertz CT molecular complexity index is 1530. The Morgan fingerprint density at radius 3 is 1.83 bits per heavy atom. The Labute approximate surface area is 187 Å². The smallest absolute Gasteiger partial charge is 0.169 e. The minimum Gasteiger partial charge on any atom is -0.274 e. The van der Waals surface area contributed by atoms with Gasteiger partial charge in [-0.25, -0.2) is 0 Å². The van der Waals surface area contributed by atoms with Gasteiger partial charge >= 0.3 is 0 Å². The Morgan fingerprint density at radius 1 is 0.533 bits per heavy atom. The van der Waals surface area contributed by atoms with Crippen molar-refractivity contribution in [3.8, 4) is 22.5 Å². The minimum absolute atomic E-state index is 0.862. The first-order valence-corrected chi connectivity index (χ1v) is 10.9. The van der Waals surface area contributed by atoms with Crippen molar-refractivity contribution >= 4 is 49.9 Å². The molecule has 0 fully saturated rings. The molecule has 0 saturated carbocycles. The van der Waals surface area contributed by atoms with Crippen molar-refractivity contribution in [1.29, 1.82) is 0 Å². The molecule has 0 saturated heterocycles. The average Bonchev–Trinajstić information content (AvgIpc) is 3.26. The molecule has 0 spiro atoms. The van der Waals surface area contributed by atoms with Crippen LogP contribution in [0.5, 0.6) is 0 Å². The maximum absolute atomic E-state index is 4.59. The lowest BCUT2D eigenvalue weighted by Crippen LogP contribution is -1.94. The zero-order valence-electron chi connectivity index (χ0n) is 16.0. The van der Waals surface area contributed by atoms with E-state index in [1.807, 2.05) is 0 Å². The molecule has 0 atom stereocenters. The Kier molecular flexibility index (Phi) is 4.06. The van der Waals surface area contributed by atoms with E-state index >= 15 is 0 Å². The summed E-state index contributed by atoms with van der Waals surface area (Å²) in [6.45, 7) is 0. The van der Waals surface area contributed by atoms with Gasteiger partial charge in [0.05, 0.1) is 5.52 Å². The number of pyridine rings is 1. The molecule has 4 aromatic carbocycles. The van der Waals surface area contributed by atoms with E-state index in [1.165, 1.54) is 25.5 Å². The monoisotopic (exact) mass is 497 g/mol.